The molecule has 2 rings (SSSR count). The Balaban J connectivity index is 2.10. The minimum atomic E-state index is -1.69. The quantitative estimate of drug-likeness (QED) is 0.801. The van der Waals surface area contributed by atoms with Gasteiger partial charge in [0.2, 0.25) is 0 Å². The van der Waals surface area contributed by atoms with E-state index in [1.54, 1.807) is 20.8 Å². The van der Waals surface area contributed by atoms with Crippen molar-refractivity contribution in [3.05, 3.63) is 59.7 Å². The molecule has 1 atom stereocenters. The van der Waals surface area contributed by atoms with Gasteiger partial charge in [0.1, 0.15) is 23.7 Å². The largest absolute Gasteiger partial charge is 0.487 e. The van der Waals surface area contributed by atoms with Gasteiger partial charge in [0.25, 0.3) is 0 Å². The number of ether oxygens (including phenoxy) is 2. The van der Waals surface area contributed by atoms with E-state index in [0.717, 1.165) is 11.6 Å². The summed E-state index contributed by atoms with van der Waals surface area (Å²) in [5.41, 5.74) is -0.383. The highest BCUT2D eigenvalue weighted by Crippen LogP contribution is 2.21. The van der Waals surface area contributed by atoms with Crippen LogP contribution in [0.3, 0.4) is 0 Å². The molecule has 0 saturated heterocycles. The molecule has 7 nitrogen and oxygen atoms in total. The van der Waals surface area contributed by atoms with Crippen LogP contribution in [0.25, 0.3) is 0 Å². The topological polar surface area (TPSA) is 97.8 Å². The zero-order valence-electron chi connectivity index (χ0n) is 15.2. The highest BCUT2D eigenvalue weighted by Gasteiger charge is 2.29. The summed E-state index contributed by atoms with van der Waals surface area (Å²) in [6.07, 6.45) is 0.217. The van der Waals surface area contributed by atoms with E-state index in [2.05, 4.69) is 10.3 Å². The maximum Gasteiger partial charge on any atom is 0.408 e. The van der Waals surface area contributed by atoms with Gasteiger partial charge in [-0.3, -0.25) is 4.98 Å². The minimum Gasteiger partial charge on any atom is -0.487 e. The molecule has 8 heteroatoms. The number of carboxylic acid groups (broad SMARTS) is 1. The van der Waals surface area contributed by atoms with Crippen LogP contribution < -0.4 is 10.1 Å². The molecule has 2 N–H and O–H groups in total. The lowest BCUT2D eigenvalue weighted by molar-refractivity contribution is -0.139. The molecule has 0 saturated carbocycles. The molecule has 144 valence electrons. The number of pyridine rings is 1. The Morgan fingerprint density at radius 1 is 1.26 bits per heavy atom. The van der Waals surface area contributed by atoms with E-state index >= 15 is 0 Å². The van der Waals surface area contributed by atoms with Gasteiger partial charge in [-0.2, -0.15) is 0 Å². The van der Waals surface area contributed by atoms with Gasteiger partial charge in [-0.05, 0) is 26.3 Å². The van der Waals surface area contributed by atoms with Gasteiger partial charge >= 0.3 is 12.1 Å². The highest BCUT2D eigenvalue weighted by atomic mass is 19.1. The Morgan fingerprint density at radius 2 is 1.93 bits per heavy atom. The van der Waals surface area contributed by atoms with Crippen molar-refractivity contribution in [3.63, 3.8) is 0 Å². The van der Waals surface area contributed by atoms with Gasteiger partial charge in [0.15, 0.2) is 11.9 Å². The van der Waals surface area contributed by atoms with Crippen molar-refractivity contribution in [3.8, 4) is 5.75 Å². The molecular weight excluding hydrogens is 355 g/mol. The number of aromatic nitrogens is 1. The van der Waals surface area contributed by atoms with E-state index < -0.39 is 35.2 Å². The van der Waals surface area contributed by atoms with Gasteiger partial charge in [-0.25, -0.2) is 14.0 Å². The summed E-state index contributed by atoms with van der Waals surface area (Å²) in [5, 5.41) is 11.4. The second-order valence-electron chi connectivity index (χ2n) is 6.73. The summed E-state index contributed by atoms with van der Waals surface area (Å²) in [5.74, 6) is -2.24. The smallest absolute Gasteiger partial charge is 0.408 e. The predicted octanol–water partition coefficient (Wildman–Crippen LogP) is 3.45. The molecule has 1 amide bonds. The first kappa shape index (κ1) is 20.2. The van der Waals surface area contributed by atoms with Crippen LogP contribution in [0.1, 0.15) is 38.1 Å². The zero-order valence-corrected chi connectivity index (χ0v) is 15.2. The number of carboxylic acids is 1. The normalized spacial score (nSPS) is 12.1. The lowest BCUT2D eigenvalue weighted by Gasteiger charge is -2.22. The lowest BCUT2D eigenvalue weighted by atomic mass is 10.1. The van der Waals surface area contributed by atoms with Crippen molar-refractivity contribution in [1.29, 1.82) is 0 Å². The molecule has 0 radical (unpaired) electrons. The number of halogens is 1. The molecule has 0 aliphatic heterocycles. The summed E-state index contributed by atoms with van der Waals surface area (Å²) < 4.78 is 24.8. The van der Waals surface area contributed by atoms with Crippen LogP contribution in [-0.2, 0) is 16.1 Å². The maximum atomic E-state index is 14.4. The summed E-state index contributed by atoms with van der Waals surface area (Å²) in [6.45, 7) is 5.08. The fraction of sp³-hybridized carbons (Fsp3) is 0.316. The van der Waals surface area contributed by atoms with Gasteiger partial charge in [0.05, 0.1) is 6.20 Å². The van der Waals surface area contributed by atoms with Gasteiger partial charge < -0.3 is 19.9 Å². The molecular formula is C19H21FN2O5. The van der Waals surface area contributed by atoms with Crippen LogP contribution in [0.4, 0.5) is 9.18 Å². The summed E-state index contributed by atoms with van der Waals surface area (Å²) >= 11 is 0. The van der Waals surface area contributed by atoms with Crippen molar-refractivity contribution in [2.24, 2.45) is 0 Å². The third kappa shape index (κ3) is 6.25. The molecule has 27 heavy (non-hydrogen) atoms. The molecule has 0 spiro atoms. The van der Waals surface area contributed by atoms with Crippen LogP contribution in [0, 0.1) is 5.82 Å². The molecule has 0 aliphatic carbocycles. The van der Waals surface area contributed by atoms with Crippen LogP contribution in [0.5, 0.6) is 5.75 Å². The highest BCUT2D eigenvalue weighted by molar-refractivity contribution is 5.81. The third-order valence-corrected chi connectivity index (χ3v) is 3.27. The molecule has 1 heterocycles. The van der Waals surface area contributed by atoms with E-state index in [-0.39, 0.29) is 12.4 Å². The van der Waals surface area contributed by atoms with Gasteiger partial charge in [-0.15, -0.1) is 0 Å². The van der Waals surface area contributed by atoms with Crippen LogP contribution in [-0.4, -0.2) is 27.8 Å². The fourth-order valence-electron chi connectivity index (χ4n) is 2.14. The molecule has 0 aliphatic rings. The monoisotopic (exact) mass is 376 g/mol. The van der Waals surface area contributed by atoms with Crippen molar-refractivity contribution >= 4 is 12.1 Å². The van der Waals surface area contributed by atoms with Gasteiger partial charge in [-0.1, -0.05) is 30.3 Å². The molecule has 2 aromatic rings. The van der Waals surface area contributed by atoms with Crippen LogP contribution in [0.2, 0.25) is 0 Å². The van der Waals surface area contributed by atoms with Crippen molar-refractivity contribution in [2.75, 3.05) is 0 Å². The number of hydrogen-bond acceptors (Lipinski definition) is 5. The number of alkyl carbamates (subject to hydrolysis) is 1. The molecule has 1 aromatic heterocycles. The molecule has 1 unspecified atom stereocenters. The van der Waals surface area contributed by atoms with Crippen molar-refractivity contribution in [1.82, 2.24) is 10.3 Å². The number of aliphatic carboxylic acids is 1. The zero-order chi connectivity index (χ0) is 20.0. The maximum absolute atomic E-state index is 14.4. The van der Waals surface area contributed by atoms with Crippen LogP contribution >= 0.6 is 0 Å². The Labute approximate surface area is 156 Å². The number of carbonyl (C=O) groups excluding carboxylic acids is 1. The third-order valence-electron chi connectivity index (χ3n) is 3.27. The average molecular weight is 376 g/mol. The summed E-state index contributed by atoms with van der Waals surface area (Å²) in [4.78, 5) is 27.1. The van der Waals surface area contributed by atoms with Gasteiger partial charge in [0, 0.05) is 6.07 Å². The second kappa shape index (κ2) is 8.48. The number of benzene rings is 1. The molecule has 0 fully saturated rings. The van der Waals surface area contributed by atoms with Crippen LogP contribution in [0.15, 0.2) is 42.6 Å². The Hall–Kier alpha value is -3.16. The van der Waals surface area contributed by atoms with E-state index in [0.29, 0.717) is 0 Å². The second-order valence-corrected chi connectivity index (χ2v) is 6.73. The standard InChI is InChI=1S/C19H21FN2O5/c1-19(2,3)27-18(25)22-16(17(23)24)15-14(20)9-13(10-21-15)26-11-12-7-5-4-6-8-12/h4-10,16H,11H2,1-3H3,(H,22,25)(H,23,24). The van der Waals surface area contributed by atoms with E-state index in [1.165, 1.54) is 6.20 Å². The first-order chi connectivity index (χ1) is 12.7. The number of nitrogens with one attached hydrogen (secondary N) is 1. The fourth-order valence-corrected chi connectivity index (χ4v) is 2.14. The Bertz CT molecular complexity index is 805. The number of amides is 1. The Kier molecular flexibility index (Phi) is 6.33. The minimum absolute atomic E-state index is 0.140. The average Bonchev–Trinajstić information content (AvgIpc) is 2.57. The molecule has 0 bridgehead atoms. The van der Waals surface area contributed by atoms with Crippen molar-refractivity contribution < 1.29 is 28.6 Å². The van der Waals surface area contributed by atoms with E-state index in [1.807, 2.05) is 30.3 Å². The van der Waals surface area contributed by atoms with E-state index in [9.17, 15) is 19.1 Å². The number of nitrogens with zero attached hydrogens (tertiary/aromatic N) is 1. The first-order valence-electron chi connectivity index (χ1n) is 8.20. The van der Waals surface area contributed by atoms with E-state index in [4.69, 9.17) is 9.47 Å². The first-order valence-corrected chi connectivity index (χ1v) is 8.20. The Morgan fingerprint density at radius 3 is 2.48 bits per heavy atom. The lowest BCUT2D eigenvalue weighted by Crippen LogP contribution is -2.38. The number of rotatable bonds is 6. The summed E-state index contributed by atoms with van der Waals surface area (Å²) in [7, 11) is 0. The SMILES string of the molecule is CC(C)(C)OC(=O)NC(C(=O)O)c1ncc(OCc2ccccc2)cc1F. The molecule has 1 aromatic carbocycles. The number of carbonyl (C=O) groups is 2. The van der Waals surface area contributed by atoms with Crippen molar-refractivity contribution in [2.45, 2.75) is 39.0 Å². The predicted molar refractivity (Wildman–Crippen MR) is 94.7 cm³/mol. The summed E-state index contributed by atoms with van der Waals surface area (Å²) in [6, 6.07) is 8.59. The number of hydrogen-bond donors (Lipinski definition) is 2.